The number of rotatable bonds is 5. The average molecular weight is 394 g/mol. The molecule has 0 saturated carbocycles. The molecule has 0 spiro atoms. The van der Waals surface area contributed by atoms with E-state index in [1.165, 1.54) is 4.90 Å². The summed E-state index contributed by atoms with van der Waals surface area (Å²) in [7, 11) is 0. The summed E-state index contributed by atoms with van der Waals surface area (Å²) < 4.78 is 7.95. The van der Waals surface area contributed by atoms with Gasteiger partial charge in [0.25, 0.3) is 0 Å². The molecule has 0 bridgehead atoms. The summed E-state index contributed by atoms with van der Waals surface area (Å²) in [5, 5.41) is 0. The number of carbonyl (C=O) groups is 1. The van der Waals surface area contributed by atoms with Crippen LogP contribution in [0.1, 0.15) is 30.3 Å². The molecule has 144 valence electrons. The summed E-state index contributed by atoms with van der Waals surface area (Å²) in [6.07, 6.45) is 5.06. The summed E-state index contributed by atoms with van der Waals surface area (Å²) in [6.45, 7) is 2.56. The van der Waals surface area contributed by atoms with E-state index < -0.39 is 0 Å². The fraction of sp³-hybridized carbons (Fsp3) is 0.273. The lowest BCUT2D eigenvalue weighted by Gasteiger charge is -2.28. The van der Waals surface area contributed by atoms with Crippen molar-refractivity contribution in [2.45, 2.75) is 35.7 Å². The number of benzene rings is 2. The molecule has 1 aromatic heterocycles. The standard InChI is InChI=1S/C22H23N3O2S/c1-15-24-10-11-25(15)18-5-7-19(8-6-18)28-20-4-2-3-16(13-20)21-14-17(22(23)26)9-12-27-21/h2-8,10-11,13,17,21H,9,12,14H2,1H3,(H2,23,26). The zero-order valence-electron chi connectivity index (χ0n) is 15.7. The largest absolute Gasteiger partial charge is 0.373 e. The lowest BCUT2D eigenvalue weighted by atomic mass is 9.91. The number of amides is 1. The van der Waals surface area contributed by atoms with Crippen LogP contribution in [-0.2, 0) is 9.53 Å². The molecule has 1 amide bonds. The fourth-order valence-electron chi connectivity index (χ4n) is 3.53. The summed E-state index contributed by atoms with van der Waals surface area (Å²) in [4.78, 5) is 18.1. The number of imidazole rings is 1. The first-order valence-electron chi connectivity index (χ1n) is 9.39. The second-order valence-corrected chi connectivity index (χ2v) is 8.14. The van der Waals surface area contributed by atoms with Crippen molar-refractivity contribution in [2.24, 2.45) is 11.7 Å². The maximum Gasteiger partial charge on any atom is 0.220 e. The van der Waals surface area contributed by atoms with Gasteiger partial charge in [-0.15, -0.1) is 0 Å². The maximum atomic E-state index is 11.5. The molecule has 1 aliphatic rings. The van der Waals surface area contributed by atoms with Gasteiger partial charge in [-0.2, -0.15) is 0 Å². The van der Waals surface area contributed by atoms with Gasteiger partial charge in [-0.1, -0.05) is 23.9 Å². The molecule has 2 unspecified atom stereocenters. The quantitative estimate of drug-likeness (QED) is 0.702. The van der Waals surface area contributed by atoms with Crippen LogP contribution in [0, 0.1) is 12.8 Å². The van der Waals surface area contributed by atoms with Gasteiger partial charge in [0, 0.05) is 40.4 Å². The number of aromatic nitrogens is 2. The van der Waals surface area contributed by atoms with E-state index in [1.54, 1.807) is 18.0 Å². The Morgan fingerprint density at radius 3 is 2.75 bits per heavy atom. The molecule has 1 aliphatic heterocycles. The molecule has 5 nitrogen and oxygen atoms in total. The summed E-state index contributed by atoms with van der Waals surface area (Å²) >= 11 is 1.71. The van der Waals surface area contributed by atoms with Gasteiger partial charge in [0.2, 0.25) is 5.91 Å². The van der Waals surface area contributed by atoms with Gasteiger partial charge in [0.15, 0.2) is 0 Å². The van der Waals surface area contributed by atoms with Gasteiger partial charge in [-0.05, 0) is 61.7 Å². The van der Waals surface area contributed by atoms with Crippen molar-refractivity contribution in [2.75, 3.05) is 6.61 Å². The Labute approximate surface area is 168 Å². The second kappa shape index (κ2) is 8.20. The molecule has 2 heterocycles. The van der Waals surface area contributed by atoms with E-state index >= 15 is 0 Å². The Morgan fingerprint density at radius 1 is 1.21 bits per heavy atom. The predicted molar refractivity (Wildman–Crippen MR) is 109 cm³/mol. The highest BCUT2D eigenvalue weighted by Gasteiger charge is 2.27. The van der Waals surface area contributed by atoms with Crippen LogP contribution in [0.4, 0.5) is 0 Å². The zero-order valence-corrected chi connectivity index (χ0v) is 16.6. The molecule has 1 fully saturated rings. The molecular weight excluding hydrogens is 370 g/mol. The van der Waals surface area contributed by atoms with Crippen molar-refractivity contribution in [1.29, 1.82) is 0 Å². The van der Waals surface area contributed by atoms with Gasteiger partial charge in [0.1, 0.15) is 5.82 Å². The predicted octanol–water partition coefficient (Wildman–Crippen LogP) is 4.28. The van der Waals surface area contributed by atoms with Gasteiger partial charge in [-0.3, -0.25) is 4.79 Å². The lowest BCUT2D eigenvalue weighted by molar-refractivity contribution is -0.126. The molecule has 2 aromatic carbocycles. The topological polar surface area (TPSA) is 70.1 Å². The van der Waals surface area contributed by atoms with Crippen molar-refractivity contribution in [3.8, 4) is 5.69 Å². The molecule has 0 radical (unpaired) electrons. The molecule has 6 heteroatoms. The van der Waals surface area contributed by atoms with E-state index in [1.807, 2.05) is 19.2 Å². The van der Waals surface area contributed by atoms with E-state index in [9.17, 15) is 4.79 Å². The van der Waals surface area contributed by atoms with Gasteiger partial charge in [-0.25, -0.2) is 4.98 Å². The Bertz CT molecular complexity index is 968. The van der Waals surface area contributed by atoms with E-state index in [0.29, 0.717) is 19.4 Å². The highest BCUT2D eigenvalue weighted by Crippen LogP contribution is 2.35. The highest BCUT2D eigenvalue weighted by molar-refractivity contribution is 7.99. The SMILES string of the molecule is Cc1nccn1-c1ccc(Sc2cccc(C3CC(C(N)=O)CCO3)c2)cc1. The van der Waals surface area contributed by atoms with Crippen LogP contribution in [0.15, 0.2) is 70.7 Å². The number of ether oxygens (including phenoxy) is 1. The van der Waals surface area contributed by atoms with Crippen LogP contribution in [0.2, 0.25) is 0 Å². The minimum atomic E-state index is -0.230. The molecule has 28 heavy (non-hydrogen) atoms. The van der Waals surface area contributed by atoms with E-state index in [-0.39, 0.29) is 17.9 Å². The lowest BCUT2D eigenvalue weighted by Crippen LogP contribution is -2.30. The minimum absolute atomic E-state index is 0.0709. The number of aryl methyl sites for hydroxylation is 1. The summed E-state index contributed by atoms with van der Waals surface area (Å²) in [5.74, 6) is 0.635. The zero-order chi connectivity index (χ0) is 19.5. The molecule has 4 rings (SSSR count). The Balaban J connectivity index is 1.48. The third-order valence-corrected chi connectivity index (χ3v) is 6.09. The van der Waals surface area contributed by atoms with E-state index in [4.69, 9.17) is 10.5 Å². The molecular formula is C22H23N3O2S. The second-order valence-electron chi connectivity index (χ2n) is 7.00. The van der Waals surface area contributed by atoms with Crippen LogP contribution in [0.5, 0.6) is 0 Å². The highest BCUT2D eigenvalue weighted by atomic mass is 32.2. The molecule has 1 saturated heterocycles. The van der Waals surface area contributed by atoms with E-state index in [2.05, 4.69) is 52.0 Å². The number of hydrogen-bond donors (Lipinski definition) is 1. The Morgan fingerprint density at radius 2 is 2.04 bits per heavy atom. The van der Waals surface area contributed by atoms with Crippen LogP contribution < -0.4 is 5.73 Å². The number of nitrogens with zero attached hydrogens (tertiary/aromatic N) is 2. The maximum absolute atomic E-state index is 11.5. The van der Waals surface area contributed by atoms with Crippen LogP contribution >= 0.6 is 11.8 Å². The smallest absolute Gasteiger partial charge is 0.220 e. The van der Waals surface area contributed by atoms with Gasteiger partial charge in [0.05, 0.1) is 6.10 Å². The number of carbonyl (C=O) groups excluding carboxylic acids is 1. The summed E-state index contributed by atoms with van der Waals surface area (Å²) in [5.41, 5.74) is 7.69. The van der Waals surface area contributed by atoms with Gasteiger partial charge >= 0.3 is 0 Å². The van der Waals surface area contributed by atoms with Crippen molar-refractivity contribution in [3.05, 3.63) is 72.3 Å². The van der Waals surface area contributed by atoms with Crippen molar-refractivity contribution >= 4 is 17.7 Å². The molecule has 2 atom stereocenters. The Kier molecular flexibility index (Phi) is 5.50. The van der Waals surface area contributed by atoms with Crippen LogP contribution in [0.3, 0.4) is 0 Å². The van der Waals surface area contributed by atoms with Crippen LogP contribution in [0.25, 0.3) is 5.69 Å². The number of primary amides is 1. The monoisotopic (exact) mass is 393 g/mol. The number of hydrogen-bond acceptors (Lipinski definition) is 4. The molecule has 2 N–H and O–H groups in total. The van der Waals surface area contributed by atoms with Crippen molar-refractivity contribution in [3.63, 3.8) is 0 Å². The Hall–Kier alpha value is -2.57. The fourth-order valence-corrected chi connectivity index (χ4v) is 4.41. The summed E-state index contributed by atoms with van der Waals surface area (Å²) in [6, 6.07) is 16.8. The first-order chi connectivity index (χ1) is 13.6. The third-order valence-electron chi connectivity index (χ3n) is 5.09. The van der Waals surface area contributed by atoms with E-state index in [0.717, 1.165) is 22.0 Å². The number of nitrogens with two attached hydrogens (primary N) is 1. The first kappa shape index (κ1) is 18.8. The molecule has 0 aliphatic carbocycles. The molecule has 3 aromatic rings. The van der Waals surface area contributed by atoms with Gasteiger partial charge < -0.3 is 15.0 Å². The first-order valence-corrected chi connectivity index (χ1v) is 10.2. The average Bonchev–Trinajstić information content (AvgIpc) is 3.15. The van der Waals surface area contributed by atoms with Crippen LogP contribution in [-0.4, -0.2) is 22.1 Å². The van der Waals surface area contributed by atoms with Crippen molar-refractivity contribution < 1.29 is 9.53 Å². The third kappa shape index (κ3) is 4.13. The minimum Gasteiger partial charge on any atom is -0.373 e. The normalized spacial score (nSPS) is 19.5. The van der Waals surface area contributed by atoms with Crippen molar-refractivity contribution in [1.82, 2.24) is 9.55 Å².